The SMILES string of the molecule is CCCCCn1nc2c(C)cccc2c1-c1ccc(O)cc1. The Labute approximate surface area is 131 Å². The Balaban J connectivity index is 2.13. The molecule has 0 unspecified atom stereocenters. The van der Waals surface area contributed by atoms with E-state index in [1.165, 1.54) is 23.8 Å². The fourth-order valence-electron chi connectivity index (χ4n) is 2.89. The van der Waals surface area contributed by atoms with Crippen LogP contribution in [0.15, 0.2) is 42.5 Å². The average Bonchev–Trinajstić information content (AvgIpc) is 2.88. The molecule has 0 radical (unpaired) electrons. The molecule has 2 aromatic carbocycles. The van der Waals surface area contributed by atoms with Crippen molar-refractivity contribution in [2.24, 2.45) is 0 Å². The minimum absolute atomic E-state index is 0.293. The van der Waals surface area contributed by atoms with E-state index in [2.05, 4.69) is 36.7 Å². The van der Waals surface area contributed by atoms with Crippen molar-refractivity contribution in [3.05, 3.63) is 48.0 Å². The maximum atomic E-state index is 9.53. The van der Waals surface area contributed by atoms with Crippen molar-refractivity contribution in [2.45, 2.75) is 39.7 Å². The number of unbranched alkanes of at least 4 members (excludes halogenated alkanes) is 2. The number of rotatable bonds is 5. The van der Waals surface area contributed by atoms with Gasteiger partial charge in [0.2, 0.25) is 0 Å². The van der Waals surface area contributed by atoms with Crippen LogP contribution in [0.4, 0.5) is 0 Å². The van der Waals surface area contributed by atoms with Gasteiger partial charge >= 0.3 is 0 Å². The summed E-state index contributed by atoms with van der Waals surface area (Å²) in [5, 5.41) is 15.6. The molecule has 0 fully saturated rings. The first kappa shape index (κ1) is 14.6. The van der Waals surface area contributed by atoms with Gasteiger partial charge in [0, 0.05) is 17.5 Å². The molecule has 3 nitrogen and oxygen atoms in total. The molecule has 1 N–H and O–H groups in total. The molecule has 0 atom stereocenters. The number of hydrogen-bond donors (Lipinski definition) is 1. The second-order valence-electron chi connectivity index (χ2n) is 5.80. The van der Waals surface area contributed by atoms with Crippen molar-refractivity contribution in [1.82, 2.24) is 9.78 Å². The van der Waals surface area contributed by atoms with Crippen molar-refractivity contribution in [2.75, 3.05) is 0 Å². The average molecular weight is 294 g/mol. The van der Waals surface area contributed by atoms with Gasteiger partial charge in [-0.1, -0.05) is 38.0 Å². The number of aromatic hydroxyl groups is 1. The topological polar surface area (TPSA) is 38.0 Å². The standard InChI is InChI=1S/C19H22N2O/c1-3-4-5-13-21-19(15-9-11-16(22)12-10-15)17-8-6-7-14(2)18(17)20-21/h6-12,22H,3-5,13H2,1-2H3. The van der Waals surface area contributed by atoms with Crippen molar-refractivity contribution in [1.29, 1.82) is 0 Å². The highest BCUT2D eigenvalue weighted by Crippen LogP contribution is 2.31. The van der Waals surface area contributed by atoms with Gasteiger partial charge in [-0.15, -0.1) is 0 Å². The largest absolute Gasteiger partial charge is 0.508 e. The first-order valence-corrected chi connectivity index (χ1v) is 7.96. The summed E-state index contributed by atoms with van der Waals surface area (Å²) < 4.78 is 2.12. The smallest absolute Gasteiger partial charge is 0.115 e. The van der Waals surface area contributed by atoms with Crippen molar-refractivity contribution in [3.8, 4) is 17.0 Å². The summed E-state index contributed by atoms with van der Waals surface area (Å²) in [5.41, 5.74) is 4.52. The van der Waals surface area contributed by atoms with Gasteiger partial charge in [-0.25, -0.2) is 0 Å². The zero-order valence-corrected chi connectivity index (χ0v) is 13.2. The molecule has 0 aliphatic rings. The van der Waals surface area contributed by atoms with E-state index in [1.54, 1.807) is 12.1 Å². The molecule has 3 heteroatoms. The van der Waals surface area contributed by atoms with Gasteiger partial charge in [0.25, 0.3) is 0 Å². The predicted octanol–water partition coefficient (Wildman–Crippen LogP) is 4.91. The van der Waals surface area contributed by atoms with E-state index in [1.807, 2.05) is 12.1 Å². The molecule has 1 heterocycles. The van der Waals surface area contributed by atoms with E-state index in [-0.39, 0.29) is 0 Å². The lowest BCUT2D eigenvalue weighted by Crippen LogP contribution is -2.02. The molecule has 0 aliphatic heterocycles. The number of hydrogen-bond acceptors (Lipinski definition) is 2. The summed E-state index contributed by atoms with van der Waals surface area (Å²) in [6, 6.07) is 13.7. The van der Waals surface area contributed by atoms with Gasteiger partial charge < -0.3 is 5.11 Å². The van der Waals surface area contributed by atoms with Gasteiger partial charge in [-0.05, 0) is 43.2 Å². The van der Waals surface area contributed by atoms with Crippen LogP contribution in [0.25, 0.3) is 22.2 Å². The molecule has 0 saturated carbocycles. The van der Waals surface area contributed by atoms with Gasteiger partial charge in [0.15, 0.2) is 0 Å². The molecule has 3 rings (SSSR count). The molecule has 0 aliphatic carbocycles. The molecule has 0 bridgehead atoms. The summed E-state index contributed by atoms with van der Waals surface area (Å²) in [6.45, 7) is 5.25. The quantitative estimate of drug-likeness (QED) is 0.679. The maximum absolute atomic E-state index is 9.53. The molecule has 114 valence electrons. The Kier molecular flexibility index (Phi) is 4.14. The highest BCUT2D eigenvalue weighted by Gasteiger charge is 2.14. The second-order valence-corrected chi connectivity index (χ2v) is 5.80. The van der Waals surface area contributed by atoms with Crippen LogP contribution in [0.2, 0.25) is 0 Å². The summed E-state index contributed by atoms with van der Waals surface area (Å²) in [5.74, 6) is 0.293. The summed E-state index contributed by atoms with van der Waals surface area (Å²) in [7, 11) is 0. The van der Waals surface area contributed by atoms with E-state index in [0.29, 0.717) is 5.75 Å². The Morgan fingerprint density at radius 2 is 1.82 bits per heavy atom. The van der Waals surface area contributed by atoms with Gasteiger partial charge in [0.1, 0.15) is 5.75 Å². The zero-order valence-electron chi connectivity index (χ0n) is 13.2. The molecule has 0 saturated heterocycles. The van der Waals surface area contributed by atoms with Gasteiger partial charge in [0.05, 0.1) is 11.2 Å². The number of benzene rings is 2. The highest BCUT2D eigenvalue weighted by molar-refractivity contribution is 5.95. The third kappa shape index (κ3) is 2.71. The Morgan fingerprint density at radius 3 is 2.55 bits per heavy atom. The monoisotopic (exact) mass is 294 g/mol. The van der Waals surface area contributed by atoms with Crippen LogP contribution in [-0.4, -0.2) is 14.9 Å². The maximum Gasteiger partial charge on any atom is 0.115 e. The summed E-state index contributed by atoms with van der Waals surface area (Å²) in [6.07, 6.45) is 3.55. The first-order chi connectivity index (χ1) is 10.7. The first-order valence-electron chi connectivity index (χ1n) is 7.96. The van der Waals surface area contributed by atoms with Crippen LogP contribution >= 0.6 is 0 Å². The van der Waals surface area contributed by atoms with Crippen LogP contribution in [-0.2, 0) is 6.54 Å². The number of aryl methyl sites for hydroxylation is 2. The Hall–Kier alpha value is -2.29. The molecule has 0 spiro atoms. The molecular weight excluding hydrogens is 272 g/mol. The van der Waals surface area contributed by atoms with Gasteiger partial charge in [-0.3, -0.25) is 4.68 Å². The minimum Gasteiger partial charge on any atom is -0.508 e. The molecule has 1 aromatic heterocycles. The molecular formula is C19H22N2O. The van der Waals surface area contributed by atoms with E-state index in [0.717, 1.165) is 29.7 Å². The third-order valence-electron chi connectivity index (χ3n) is 4.09. The fourth-order valence-corrected chi connectivity index (χ4v) is 2.89. The molecule has 0 amide bonds. The number of aromatic nitrogens is 2. The molecule has 3 aromatic rings. The van der Waals surface area contributed by atoms with Gasteiger partial charge in [-0.2, -0.15) is 5.10 Å². The zero-order chi connectivity index (χ0) is 15.5. The predicted molar refractivity (Wildman–Crippen MR) is 91.1 cm³/mol. The Bertz CT molecular complexity index is 772. The van der Waals surface area contributed by atoms with Crippen LogP contribution < -0.4 is 0 Å². The lowest BCUT2D eigenvalue weighted by molar-refractivity contribution is 0.475. The van der Waals surface area contributed by atoms with E-state index >= 15 is 0 Å². The summed E-state index contributed by atoms with van der Waals surface area (Å²) >= 11 is 0. The Morgan fingerprint density at radius 1 is 1.05 bits per heavy atom. The van der Waals surface area contributed by atoms with Crippen molar-refractivity contribution < 1.29 is 5.11 Å². The number of phenolic OH excluding ortho intramolecular Hbond substituents is 1. The van der Waals surface area contributed by atoms with Crippen LogP contribution in [0, 0.1) is 6.92 Å². The van der Waals surface area contributed by atoms with Crippen molar-refractivity contribution in [3.63, 3.8) is 0 Å². The number of phenols is 1. The van der Waals surface area contributed by atoms with Crippen LogP contribution in [0.1, 0.15) is 31.7 Å². The van der Waals surface area contributed by atoms with E-state index in [9.17, 15) is 5.11 Å². The highest BCUT2D eigenvalue weighted by atomic mass is 16.3. The third-order valence-corrected chi connectivity index (χ3v) is 4.09. The lowest BCUT2D eigenvalue weighted by atomic mass is 10.1. The summed E-state index contributed by atoms with van der Waals surface area (Å²) in [4.78, 5) is 0. The fraction of sp³-hybridized carbons (Fsp3) is 0.316. The molecule has 22 heavy (non-hydrogen) atoms. The minimum atomic E-state index is 0.293. The van der Waals surface area contributed by atoms with E-state index < -0.39 is 0 Å². The number of nitrogens with zero attached hydrogens (tertiary/aromatic N) is 2. The van der Waals surface area contributed by atoms with Crippen LogP contribution in [0.3, 0.4) is 0 Å². The second kappa shape index (κ2) is 6.22. The van der Waals surface area contributed by atoms with E-state index in [4.69, 9.17) is 5.10 Å². The van der Waals surface area contributed by atoms with Crippen molar-refractivity contribution >= 4 is 10.9 Å². The lowest BCUT2D eigenvalue weighted by Gasteiger charge is -2.08. The van der Waals surface area contributed by atoms with Crippen LogP contribution in [0.5, 0.6) is 5.75 Å². The number of fused-ring (bicyclic) bond motifs is 1. The normalized spacial score (nSPS) is 11.2.